The SMILES string of the molecule is Cn1c(O)c(N=NC(=O)CNC(=O)C=Cc2ccccc2)c2ccccc21. The van der Waals surface area contributed by atoms with Crippen molar-refractivity contribution in [3.05, 3.63) is 66.2 Å². The maximum absolute atomic E-state index is 11.9. The Hall–Kier alpha value is -3.74. The number of benzene rings is 2. The Bertz CT molecular complexity index is 1040. The van der Waals surface area contributed by atoms with Crippen LogP contribution in [-0.2, 0) is 16.6 Å². The highest BCUT2D eigenvalue weighted by Crippen LogP contribution is 2.37. The van der Waals surface area contributed by atoms with Gasteiger partial charge in [-0.25, -0.2) is 0 Å². The molecule has 0 aliphatic carbocycles. The summed E-state index contributed by atoms with van der Waals surface area (Å²) in [4.78, 5) is 23.6. The van der Waals surface area contributed by atoms with Gasteiger partial charge in [0.05, 0.1) is 5.52 Å². The van der Waals surface area contributed by atoms with Crippen molar-refractivity contribution in [2.45, 2.75) is 0 Å². The van der Waals surface area contributed by atoms with Gasteiger partial charge in [-0.2, -0.15) is 0 Å². The molecule has 0 bridgehead atoms. The summed E-state index contributed by atoms with van der Waals surface area (Å²) in [5.41, 5.74) is 1.87. The number of carbonyl (C=O) groups excluding carboxylic acids is 2. The molecule has 0 spiro atoms. The summed E-state index contributed by atoms with van der Waals surface area (Å²) in [5, 5.41) is 20.7. The predicted octanol–water partition coefficient (Wildman–Crippen LogP) is 3.32. The number of amides is 2. The number of azo groups is 1. The zero-order valence-electron chi connectivity index (χ0n) is 14.7. The first kappa shape index (κ1) is 18.1. The summed E-state index contributed by atoms with van der Waals surface area (Å²) in [6.07, 6.45) is 2.99. The van der Waals surface area contributed by atoms with Gasteiger partial charge in [0.1, 0.15) is 6.54 Å². The van der Waals surface area contributed by atoms with Gasteiger partial charge in [-0.3, -0.25) is 9.59 Å². The number of hydrogen-bond acceptors (Lipinski definition) is 4. The van der Waals surface area contributed by atoms with Crippen LogP contribution in [0.25, 0.3) is 17.0 Å². The van der Waals surface area contributed by atoms with Crippen LogP contribution in [0.4, 0.5) is 5.69 Å². The van der Waals surface area contributed by atoms with E-state index >= 15 is 0 Å². The fourth-order valence-corrected chi connectivity index (χ4v) is 2.56. The first-order valence-corrected chi connectivity index (χ1v) is 8.28. The number of aromatic hydroxyl groups is 1. The lowest BCUT2D eigenvalue weighted by molar-refractivity contribution is -0.122. The topological polar surface area (TPSA) is 96.0 Å². The van der Waals surface area contributed by atoms with Crippen molar-refractivity contribution in [2.24, 2.45) is 17.3 Å². The average Bonchev–Trinajstić information content (AvgIpc) is 2.94. The van der Waals surface area contributed by atoms with Crippen LogP contribution >= 0.6 is 0 Å². The van der Waals surface area contributed by atoms with Crippen LogP contribution in [0.2, 0.25) is 0 Å². The molecule has 3 aromatic rings. The molecule has 0 unspecified atom stereocenters. The van der Waals surface area contributed by atoms with Crippen LogP contribution in [0.5, 0.6) is 5.88 Å². The maximum Gasteiger partial charge on any atom is 0.283 e. The van der Waals surface area contributed by atoms with E-state index in [0.717, 1.165) is 11.1 Å². The Morgan fingerprint density at radius 2 is 1.81 bits per heavy atom. The van der Waals surface area contributed by atoms with Crippen molar-refractivity contribution in [3.63, 3.8) is 0 Å². The highest BCUT2D eigenvalue weighted by atomic mass is 16.3. The van der Waals surface area contributed by atoms with Gasteiger partial charge in [-0.05, 0) is 17.7 Å². The van der Waals surface area contributed by atoms with Gasteiger partial charge in [0.2, 0.25) is 11.8 Å². The van der Waals surface area contributed by atoms with E-state index in [1.807, 2.05) is 48.5 Å². The van der Waals surface area contributed by atoms with Gasteiger partial charge in [0.25, 0.3) is 5.91 Å². The minimum Gasteiger partial charge on any atom is -0.493 e. The van der Waals surface area contributed by atoms with E-state index in [4.69, 9.17) is 0 Å². The molecule has 0 atom stereocenters. The van der Waals surface area contributed by atoms with E-state index in [1.165, 1.54) is 6.08 Å². The normalized spacial score (nSPS) is 11.4. The molecule has 0 saturated carbocycles. The average molecular weight is 362 g/mol. The summed E-state index contributed by atoms with van der Waals surface area (Å²) in [5.74, 6) is -1.11. The van der Waals surface area contributed by atoms with E-state index in [0.29, 0.717) is 5.39 Å². The van der Waals surface area contributed by atoms with E-state index in [9.17, 15) is 14.7 Å². The lowest BCUT2D eigenvalue weighted by Crippen LogP contribution is -2.26. The molecule has 0 radical (unpaired) electrons. The van der Waals surface area contributed by atoms with Crippen molar-refractivity contribution < 1.29 is 14.7 Å². The zero-order chi connectivity index (χ0) is 19.2. The summed E-state index contributed by atoms with van der Waals surface area (Å²) >= 11 is 0. The molecule has 0 fully saturated rings. The fourth-order valence-electron chi connectivity index (χ4n) is 2.56. The molecule has 2 aromatic carbocycles. The van der Waals surface area contributed by atoms with Crippen LogP contribution in [0.15, 0.2) is 70.9 Å². The monoisotopic (exact) mass is 362 g/mol. The van der Waals surface area contributed by atoms with Crippen LogP contribution in [0.3, 0.4) is 0 Å². The molecule has 3 rings (SSSR count). The van der Waals surface area contributed by atoms with Gasteiger partial charge < -0.3 is 15.0 Å². The zero-order valence-corrected chi connectivity index (χ0v) is 14.7. The first-order valence-electron chi connectivity index (χ1n) is 8.28. The molecule has 1 aromatic heterocycles. The molecule has 7 nitrogen and oxygen atoms in total. The van der Waals surface area contributed by atoms with Gasteiger partial charge in [0.15, 0.2) is 5.69 Å². The molecular weight excluding hydrogens is 344 g/mol. The van der Waals surface area contributed by atoms with Crippen molar-refractivity contribution in [1.82, 2.24) is 9.88 Å². The second-order valence-electron chi connectivity index (χ2n) is 5.80. The first-order chi connectivity index (χ1) is 13.1. The summed E-state index contributed by atoms with van der Waals surface area (Å²) in [7, 11) is 1.69. The van der Waals surface area contributed by atoms with E-state index in [1.54, 1.807) is 23.8 Å². The molecule has 0 aliphatic rings. The predicted molar refractivity (Wildman–Crippen MR) is 103 cm³/mol. The molecule has 1 heterocycles. The number of aromatic nitrogens is 1. The Labute approximate surface area is 155 Å². The lowest BCUT2D eigenvalue weighted by atomic mass is 10.2. The minimum absolute atomic E-state index is 0.0809. The Kier molecular flexibility index (Phi) is 5.41. The summed E-state index contributed by atoms with van der Waals surface area (Å²) < 4.78 is 1.56. The van der Waals surface area contributed by atoms with Crippen molar-refractivity contribution >= 4 is 34.5 Å². The molecule has 7 heteroatoms. The number of nitrogens with one attached hydrogen (secondary N) is 1. The maximum atomic E-state index is 11.9. The number of nitrogens with zero attached hydrogens (tertiary/aromatic N) is 3. The molecule has 136 valence electrons. The quantitative estimate of drug-likeness (QED) is 0.538. The molecular formula is C20H18N4O3. The van der Waals surface area contributed by atoms with Gasteiger partial charge in [-0.1, -0.05) is 48.5 Å². The van der Waals surface area contributed by atoms with Gasteiger partial charge >= 0.3 is 0 Å². The van der Waals surface area contributed by atoms with Gasteiger partial charge in [0, 0.05) is 18.5 Å². The van der Waals surface area contributed by atoms with Crippen LogP contribution < -0.4 is 5.32 Å². The van der Waals surface area contributed by atoms with Crippen molar-refractivity contribution in [1.29, 1.82) is 0 Å². The fraction of sp³-hybridized carbons (Fsp3) is 0.100. The highest BCUT2D eigenvalue weighted by Gasteiger charge is 2.14. The van der Waals surface area contributed by atoms with Crippen LogP contribution in [0, 0.1) is 0 Å². The number of rotatable bonds is 5. The lowest BCUT2D eigenvalue weighted by Gasteiger charge is -1.97. The summed E-state index contributed by atoms with van der Waals surface area (Å²) in [6, 6.07) is 16.6. The Morgan fingerprint density at radius 1 is 1.11 bits per heavy atom. The number of fused-ring (bicyclic) bond motifs is 1. The Balaban J connectivity index is 1.61. The second kappa shape index (κ2) is 8.09. The largest absolute Gasteiger partial charge is 0.493 e. The minimum atomic E-state index is -0.621. The molecule has 2 amide bonds. The number of carbonyl (C=O) groups is 2. The van der Waals surface area contributed by atoms with Gasteiger partial charge in [-0.15, -0.1) is 10.2 Å². The number of hydrogen-bond donors (Lipinski definition) is 2. The Morgan fingerprint density at radius 3 is 2.59 bits per heavy atom. The third kappa shape index (κ3) is 4.27. The van der Waals surface area contributed by atoms with E-state index < -0.39 is 11.8 Å². The van der Waals surface area contributed by atoms with Crippen molar-refractivity contribution in [2.75, 3.05) is 6.54 Å². The third-order valence-electron chi connectivity index (χ3n) is 3.95. The van der Waals surface area contributed by atoms with Crippen LogP contribution in [-0.4, -0.2) is 28.0 Å². The summed E-state index contributed by atoms with van der Waals surface area (Å²) in [6.45, 7) is -0.285. The molecule has 0 saturated heterocycles. The molecule has 0 aliphatic heterocycles. The smallest absolute Gasteiger partial charge is 0.283 e. The number of para-hydroxylation sites is 1. The number of aryl methyl sites for hydroxylation is 1. The molecule has 27 heavy (non-hydrogen) atoms. The van der Waals surface area contributed by atoms with E-state index in [-0.39, 0.29) is 18.1 Å². The third-order valence-corrected chi connectivity index (χ3v) is 3.95. The van der Waals surface area contributed by atoms with E-state index in [2.05, 4.69) is 15.5 Å². The van der Waals surface area contributed by atoms with Crippen molar-refractivity contribution in [3.8, 4) is 5.88 Å². The standard InChI is InChI=1S/C20H18N4O3/c1-24-16-10-6-5-9-15(16)19(20(24)27)23-22-18(26)13-21-17(25)12-11-14-7-3-2-4-8-14/h2-12,27H,13H2,1H3,(H,21,25). The second-order valence-corrected chi connectivity index (χ2v) is 5.80. The molecule has 2 N–H and O–H groups in total. The van der Waals surface area contributed by atoms with Crippen LogP contribution in [0.1, 0.15) is 5.56 Å². The highest BCUT2D eigenvalue weighted by molar-refractivity contribution is 5.96.